The lowest BCUT2D eigenvalue weighted by Gasteiger charge is -2.37. The number of piperidine rings is 2. The third-order valence-corrected chi connectivity index (χ3v) is 13.5. The SMILES string of the molecule is COc1cc(C(=O)N[C@H]2CC[C@H](OC3CCN(c4cccc5c4C(=O)N(C4CCC(=O)NC4=O)C5=O)CC3)CC2)c(F)cc1Nc1ncc2c(n1)N(C1CCCC1)CC(F)(F)C(=O)N2C. The zero-order valence-electron chi connectivity index (χ0n) is 36.0. The molecule has 4 aliphatic heterocycles. The highest BCUT2D eigenvalue weighted by molar-refractivity contribution is 6.25. The van der Waals surface area contributed by atoms with Gasteiger partial charge in [-0.15, -0.1) is 0 Å². The fourth-order valence-corrected chi connectivity index (χ4v) is 10.1. The van der Waals surface area contributed by atoms with Crippen LogP contribution in [-0.2, 0) is 19.1 Å². The number of aromatic nitrogens is 2. The molecular weight excluding hydrogens is 852 g/mol. The summed E-state index contributed by atoms with van der Waals surface area (Å²) < 4.78 is 57.9. The first-order chi connectivity index (χ1) is 31.2. The van der Waals surface area contributed by atoms with Crippen LogP contribution < -0.4 is 35.4 Å². The average Bonchev–Trinajstić information content (AvgIpc) is 3.91. The second kappa shape index (κ2) is 17.6. The first kappa shape index (κ1) is 43.9. The molecule has 6 aliphatic rings. The Kier molecular flexibility index (Phi) is 11.9. The summed E-state index contributed by atoms with van der Waals surface area (Å²) in [5.74, 6) is -8.36. The first-order valence-electron chi connectivity index (χ1n) is 22.2. The van der Waals surface area contributed by atoms with Gasteiger partial charge >= 0.3 is 5.92 Å². The number of fused-ring (bicyclic) bond motifs is 2. The van der Waals surface area contributed by atoms with Crippen molar-refractivity contribution < 1.29 is 51.4 Å². The molecule has 3 aromatic rings. The Morgan fingerprint density at radius 1 is 0.908 bits per heavy atom. The lowest BCUT2D eigenvalue weighted by atomic mass is 9.92. The molecule has 20 heteroatoms. The van der Waals surface area contributed by atoms with E-state index in [1.165, 1.54) is 31.3 Å². The fraction of sp³-hybridized carbons (Fsp3) is 0.511. The van der Waals surface area contributed by atoms with Crippen molar-refractivity contribution in [3.63, 3.8) is 0 Å². The van der Waals surface area contributed by atoms with Gasteiger partial charge in [-0.25, -0.2) is 9.37 Å². The van der Waals surface area contributed by atoms with Gasteiger partial charge in [-0.2, -0.15) is 13.8 Å². The van der Waals surface area contributed by atoms with Crippen LogP contribution in [0.5, 0.6) is 5.75 Å². The van der Waals surface area contributed by atoms with Gasteiger partial charge in [0.2, 0.25) is 17.8 Å². The number of benzene rings is 2. The minimum absolute atomic E-state index is 0.0362. The minimum atomic E-state index is -3.64. The Morgan fingerprint density at radius 3 is 2.34 bits per heavy atom. The maximum absolute atomic E-state index is 15.7. The monoisotopic (exact) mass is 901 g/mol. The van der Waals surface area contributed by atoms with Crippen molar-refractivity contribution in [2.45, 2.75) is 113 Å². The standard InChI is InChI=1S/C45H50F3N9O8/c1-54-34-22-49-44(53-38(34)56(25-6-3-4-7-25)23-45(47,48)43(54)63)51-31-21-30(46)29(20-35(31)64-2)39(59)50-24-10-12-26(13-11-24)65-27-16-18-55(19-17-27)32-9-5-8-28-37(32)42(62)57(41(28)61)33-14-15-36(58)52-40(33)60/h5,8-9,20-22,24-27,33H,3-4,6-7,10-19,23H2,1-2H3,(H,50,59)(H,49,51,53)(H,52,58,60)/t24-,26-,33?. The highest BCUT2D eigenvalue weighted by Gasteiger charge is 2.49. The van der Waals surface area contributed by atoms with E-state index in [0.717, 1.165) is 28.7 Å². The van der Waals surface area contributed by atoms with Crippen molar-refractivity contribution in [2.75, 3.05) is 53.8 Å². The van der Waals surface area contributed by atoms with E-state index >= 15 is 13.2 Å². The van der Waals surface area contributed by atoms with E-state index in [1.807, 2.05) is 0 Å². The molecule has 2 aliphatic carbocycles. The molecule has 1 unspecified atom stereocenters. The Hall–Kier alpha value is -6.31. The number of imide groups is 2. The molecule has 2 aromatic carbocycles. The summed E-state index contributed by atoms with van der Waals surface area (Å²) in [5, 5.41) is 8.10. The lowest BCUT2D eigenvalue weighted by molar-refractivity contribution is -0.140. The number of methoxy groups -OCH3 is 1. The van der Waals surface area contributed by atoms with Crippen LogP contribution in [0.1, 0.15) is 108 Å². The second-order valence-corrected chi connectivity index (χ2v) is 17.6. The highest BCUT2D eigenvalue weighted by atomic mass is 19.3. The van der Waals surface area contributed by atoms with E-state index in [4.69, 9.17) is 9.47 Å². The van der Waals surface area contributed by atoms with Crippen LogP contribution in [0.4, 0.5) is 42.0 Å². The predicted molar refractivity (Wildman–Crippen MR) is 229 cm³/mol. The number of amides is 6. The number of rotatable bonds is 10. The van der Waals surface area contributed by atoms with Gasteiger partial charge in [0, 0.05) is 44.7 Å². The van der Waals surface area contributed by atoms with Gasteiger partial charge < -0.3 is 34.8 Å². The molecule has 1 atom stereocenters. The number of alkyl halides is 2. The van der Waals surface area contributed by atoms with Crippen molar-refractivity contribution in [1.29, 1.82) is 0 Å². The van der Waals surface area contributed by atoms with Gasteiger partial charge in [0.1, 0.15) is 23.3 Å². The van der Waals surface area contributed by atoms with Crippen LogP contribution in [0.2, 0.25) is 0 Å². The van der Waals surface area contributed by atoms with Gasteiger partial charge in [-0.3, -0.25) is 39.0 Å². The third kappa shape index (κ3) is 8.43. The molecule has 6 amide bonds. The minimum Gasteiger partial charge on any atom is -0.495 e. The smallest absolute Gasteiger partial charge is 0.342 e. The van der Waals surface area contributed by atoms with Gasteiger partial charge in [0.25, 0.3) is 23.6 Å². The van der Waals surface area contributed by atoms with E-state index < -0.39 is 59.8 Å². The molecule has 0 radical (unpaired) electrons. The summed E-state index contributed by atoms with van der Waals surface area (Å²) in [6.07, 6.45) is 8.36. The molecule has 17 nitrogen and oxygen atoms in total. The summed E-state index contributed by atoms with van der Waals surface area (Å²) in [5.41, 5.74) is 1.14. The van der Waals surface area contributed by atoms with Gasteiger partial charge in [0.05, 0.1) is 60.1 Å². The Bertz CT molecular complexity index is 2430. The summed E-state index contributed by atoms with van der Waals surface area (Å²) in [6, 6.07) is 5.98. The fourth-order valence-electron chi connectivity index (χ4n) is 10.1. The number of carbonyl (C=O) groups is 6. The number of nitrogens with one attached hydrogen (secondary N) is 3. The average molecular weight is 902 g/mol. The second-order valence-electron chi connectivity index (χ2n) is 17.6. The zero-order valence-corrected chi connectivity index (χ0v) is 36.0. The van der Waals surface area contributed by atoms with E-state index in [9.17, 15) is 28.8 Å². The molecule has 4 fully saturated rings. The molecule has 3 N–H and O–H groups in total. The van der Waals surface area contributed by atoms with E-state index in [0.29, 0.717) is 70.1 Å². The summed E-state index contributed by atoms with van der Waals surface area (Å²) in [7, 11) is 2.62. The maximum Gasteiger partial charge on any atom is 0.342 e. The van der Waals surface area contributed by atoms with E-state index in [-0.39, 0.29) is 82.7 Å². The number of anilines is 5. The van der Waals surface area contributed by atoms with Crippen molar-refractivity contribution in [3.05, 3.63) is 59.0 Å². The summed E-state index contributed by atoms with van der Waals surface area (Å²) in [4.78, 5) is 91.5. The number of hydrogen-bond donors (Lipinski definition) is 3. The lowest BCUT2D eigenvalue weighted by Crippen LogP contribution is -2.54. The molecule has 344 valence electrons. The zero-order chi connectivity index (χ0) is 45.7. The number of nitrogens with zero attached hydrogens (tertiary/aromatic N) is 6. The molecule has 0 spiro atoms. The van der Waals surface area contributed by atoms with Crippen LogP contribution in [0.15, 0.2) is 36.5 Å². The molecule has 5 heterocycles. The maximum atomic E-state index is 15.7. The Balaban J connectivity index is 0.784. The van der Waals surface area contributed by atoms with Gasteiger partial charge in [0.15, 0.2) is 5.82 Å². The molecule has 9 rings (SSSR count). The molecule has 2 saturated carbocycles. The van der Waals surface area contributed by atoms with Crippen molar-refractivity contribution in [3.8, 4) is 5.75 Å². The molecule has 2 saturated heterocycles. The molecule has 0 bridgehead atoms. The van der Waals surface area contributed by atoms with E-state index in [2.05, 4.69) is 30.8 Å². The largest absolute Gasteiger partial charge is 0.495 e. The van der Waals surface area contributed by atoms with Crippen LogP contribution in [0.25, 0.3) is 0 Å². The quantitative estimate of drug-likeness (QED) is 0.234. The molecule has 1 aromatic heterocycles. The molecule has 65 heavy (non-hydrogen) atoms. The number of hydrogen-bond acceptors (Lipinski definition) is 13. The number of halogens is 3. The topological polar surface area (TPSA) is 196 Å². The van der Waals surface area contributed by atoms with Gasteiger partial charge in [-0.05, 0) is 76.0 Å². The Morgan fingerprint density at radius 2 is 1.63 bits per heavy atom. The third-order valence-electron chi connectivity index (χ3n) is 13.5. The summed E-state index contributed by atoms with van der Waals surface area (Å²) in [6.45, 7) is 0.331. The van der Waals surface area contributed by atoms with Crippen molar-refractivity contribution in [1.82, 2.24) is 25.5 Å². The predicted octanol–water partition coefficient (Wildman–Crippen LogP) is 4.86. The summed E-state index contributed by atoms with van der Waals surface area (Å²) >= 11 is 0. The van der Waals surface area contributed by atoms with Crippen LogP contribution in [0, 0.1) is 5.82 Å². The van der Waals surface area contributed by atoms with Crippen LogP contribution >= 0.6 is 0 Å². The van der Waals surface area contributed by atoms with Crippen molar-refractivity contribution in [2.24, 2.45) is 0 Å². The number of ether oxygens (including phenoxy) is 2. The van der Waals surface area contributed by atoms with Crippen LogP contribution in [0.3, 0.4) is 0 Å². The van der Waals surface area contributed by atoms with E-state index in [1.54, 1.807) is 18.2 Å². The Labute approximate surface area is 372 Å². The van der Waals surface area contributed by atoms with Crippen LogP contribution in [-0.4, -0.2) is 120 Å². The molecular formula is C45H50F3N9O8. The number of carbonyl (C=O) groups excluding carboxylic acids is 6. The van der Waals surface area contributed by atoms with Gasteiger partial charge in [-0.1, -0.05) is 18.9 Å². The normalized spacial score (nSPS) is 23.9. The first-order valence-corrected chi connectivity index (χ1v) is 22.2. The van der Waals surface area contributed by atoms with Crippen molar-refractivity contribution >= 4 is 64.3 Å². The highest BCUT2D eigenvalue weighted by Crippen LogP contribution is 2.41.